The molecule has 1 unspecified atom stereocenters. The van der Waals surface area contributed by atoms with E-state index in [0.29, 0.717) is 37.0 Å². The van der Waals surface area contributed by atoms with E-state index in [1.54, 1.807) is 42.3 Å². The van der Waals surface area contributed by atoms with Crippen LogP contribution in [0.1, 0.15) is 153 Å². The Bertz CT molecular complexity index is 2730. The van der Waals surface area contributed by atoms with Gasteiger partial charge in [-0.05, 0) is 112 Å². The minimum atomic E-state index is -3.18. The minimum absolute atomic E-state index is 0. The van der Waals surface area contributed by atoms with Crippen molar-refractivity contribution in [1.29, 1.82) is 0 Å². The fraction of sp³-hybridized carbons (Fsp3) is 0.361. The van der Waals surface area contributed by atoms with Crippen molar-refractivity contribution in [3.8, 4) is 0 Å². The Morgan fingerprint density at radius 3 is 0.971 bits per heavy atom. The first kappa shape index (κ1) is 59.1. The Labute approximate surface area is 427 Å². The molecule has 0 aliphatic carbocycles. The van der Waals surface area contributed by atoms with E-state index in [9.17, 15) is 27.0 Å². The summed E-state index contributed by atoms with van der Waals surface area (Å²) in [4.78, 5) is 39.3. The Morgan fingerprint density at radius 1 is 0.457 bits per heavy atom. The maximum absolute atomic E-state index is 12.3. The second-order valence-corrected chi connectivity index (χ2v) is 24.9. The highest BCUT2D eigenvalue weighted by atomic mass is 32.2. The van der Waals surface area contributed by atoms with Crippen LogP contribution in [0.5, 0.6) is 0 Å². The van der Waals surface area contributed by atoms with Crippen LogP contribution in [0.25, 0.3) is 0 Å². The van der Waals surface area contributed by atoms with E-state index in [1.807, 2.05) is 84.9 Å². The Morgan fingerprint density at radius 2 is 0.729 bits per heavy atom. The van der Waals surface area contributed by atoms with Crippen LogP contribution in [0.2, 0.25) is 0 Å². The molecule has 0 fully saturated rings. The summed E-state index contributed by atoms with van der Waals surface area (Å²) in [6.07, 6.45) is 8.49. The van der Waals surface area contributed by atoms with Crippen LogP contribution in [0.15, 0.2) is 160 Å². The first-order valence-electron chi connectivity index (χ1n) is 23.5. The molecule has 0 aliphatic rings. The molecule has 0 radical (unpaired) electrons. The molecule has 6 aromatic carbocycles. The van der Waals surface area contributed by atoms with E-state index >= 15 is 0 Å². The van der Waals surface area contributed by atoms with E-state index in [-0.39, 0.29) is 41.0 Å². The van der Waals surface area contributed by atoms with Crippen molar-refractivity contribution >= 4 is 49.7 Å². The average Bonchev–Trinajstić information content (AvgIpc) is 3.31. The standard InChI is InChI=1S/C20H24O3S.C20H24O2S.C20H24OS.CH4/c1-20(2,3)17-10-8-16(9-11-17)19(21)14-7-15-5-12-18(13-6-15)24(4,22)23;1-20(2,3)17-10-8-16(9-11-17)19(21)14-7-15-5-12-18(13-6-15)23(4)22;1-20(2,3)17-10-8-16(9-11-17)19(21)14-7-15-5-12-18(22-4)13-6-15;/h5-6,8-13H,7,14H2,1-4H3;5-6,8-13H,7,14H2,1-4H3;5-6,8-13H,7,14H2,1-4H3;1H4. The zero-order valence-electron chi connectivity index (χ0n) is 42.8. The lowest BCUT2D eigenvalue weighted by Gasteiger charge is -2.19. The van der Waals surface area contributed by atoms with Gasteiger partial charge in [0.05, 0.1) is 4.90 Å². The Balaban J connectivity index is 0.000000276. The van der Waals surface area contributed by atoms with Gasteiger partial charge in [0.15, 0.2) is 27.2 Å². The molecule has 0 saturated heterocycles. The molecule has 1 atom stereocenters. The van der Waals surface area contributed by atoms with Crippen molar-refractivity contribution in [3.05, 3.63) is 196 Å². The second kappa shape index (κ2) is 26.3. The number of thioether (sulfide) groups is 1. The lowest BCUT2D eigenvalue weighted by atomic mass is 9.86. The van der Waals surface area contributed by atoms with Gasteiger partial charge in [-0.25, -0.2) is 8.42 Å². The lowest BCUT2D eigenvalue weighted by Crippen LogP contribution is -2.11. The van der Waals surface area contributed by atoms with Gasteiger partial charge in [0.2, 0.25) is 0 Å². The number of rotatable bonds is 15. The molecule has 0 aromatic heterocycles. The predicted molar refractivity (Wildman–Crippen MR) is 297 cm³/mol. The van der Waals surface area contributed by atoms with Gasteiger partial charge >= 0.3 is 0 Å². The molecule has 6 aromatic rings. The Hall–Kier alpha value is -5.22. The lowest BCUT2D eigenvalue weighted by molar-refractivity contribution is 0.0975. The van der Waals surface area contributed by atoms with E-state index in [4.69, 9.17) is 0 Å². The maximum atomic E-state index is 12.3. The molecule has 70 heavy (non-hydrogen) atoms. The highest BCUT2D eigenvalue weighted by molar-refractivity contribution is 7.98. The van der Waals surface area contributed by atoms with E-state index < -0.39 is 20.6 Å². The smallest absolute Gasteiger partial charge is 0.175 e. The van der Waals surface area contributed by atoms with Crippen LogP contribution in [0, 0.1) is 0 Å². The number of ketones is 3. The van der Waals surface area contributed by atoms with Gasteiger partial charge in [0, 0.05) is 69.1 Å². The van der Waals surface area contributed by atoms with Crippen molar-refractivity contribution in [2.45, 2.75) is 139 Å². The normalized spacial score (nSPS) is 12.0. The summed E-state index contributed by atoms with van der Waals surface area (Å²) in [5.41, 5.74) is 9.57. The van der Waals surface area contributed by atoms with E-state index in [1.165, 1.54) is 33.4 Å². The Kier molecular flexibility index (Phi) is 22.2. The highest BCUT2D eigenvalue weighted by Crippen LogP contribution is 2.26. The van der Waals surface area contributed by atoms with Crippen molar-refractivity contribution < 1.29 is 27.0 Å². The van der Waals surface area contributed by atoms with Gasteiger partial charge < -0.3 is 0 Å². The molecule has 0 aliphatic heterocycles. The van der Waals surface area contributed by atoms with Gasteiger partial charge in [-0.15, -0.1) is 11.8 Å². The maximum Gasteiger partial charge on any atom is 0.175 e. The van der Waals surface area contributed by atoms with E-state index in [2.05, 4.69) is 105 Å². The number of sulfone groups is 1. The third kappa shape index (κ3) is 19.2. The zero-order valence-corrected chi connectivity index (χ0v) is 45.2. The molecular weight excluding hydrogens is 925 g/mol. The second-order valence-electron chi connectivity index (χ2n) is 20.6. The number of aryl methyl sites for hydroxylation is 3. The molecule has 0 N–H and O–H groups in total. The van der Waals surface area contributed by atoms with Crippen LogP contribution in [0.3, 0.4) is 0 Å². The van der Waals surface area contributed by atoms with Crippen molar-refractivity contribution in [1.82, 2.24) is 0 Å². The first-order chi connectivity index (χ1) is 32.2. The third-order valence-corrected chi connectivity index (χ3v) is 14.7. The van der Waals surface area contributed by atoms with Crippen LogP contribution >= 0.6 is 11.8 Å². The molecular formula is C61H76O6S3. The summed E-state index contributed by atoms with van der Waals surface area (Å²) < 4.78 is 34.2. The van der Waals surface area contributed by atoms with Gasteiger partial charge in [-0.3, -0.25) is 18.6 Å². The molecule has 0 bridgehead atoms. The van der Waals surface area contributed by atoms with Crippen molar-refractivity contribution in [3.63, 3.8) is 0 Å². The molecule has 374 valence electrons. The number of Topliss-reactive ketones (excluding diaryl/α,β-unsaturated/α-hetero) is 3. The molecule has 9 heteroatoms. The summed E-state index contributed by atoms with van der Waals surface area (Å²) in [5, 5.41) is 0. The van der Waals surface area contributed by atoms with E-state index in [0.717, 1.165) is 39.1 Å². The van der Waals surface area contributed by atoms with Gasteiger partial charge in [0.25, 0.3) is 0 Å². The molecule has 6 nitrogen and oxygen atoms in total. The predicted octanol–water partition coefficient (Wildman–Crippen LogP) is 14.9. The van der Waals surface area contributed by atoms with Crippen molar-refractivity contribution in [2.75, 3.05) is 18.8 Å². The van der Waals surface area contributed by atoms with Crippen LogP contribution in [-0.4, -0.2) is 48.7 Å². The molecule has 0 heterocycles. The monoisotopic (exact) mass is 1000 g/mol. The number of hydrogen-bond donors (Lipinski definition) is 0. The molecule has 0 saturated carbocycles. The molecule has 6 rings (SSSR count). The first-order valence-corrected chi connectivity index (χ1v) is 28.2. The number of benzene rings is 6. The minimum Gasteiger partial charge on any atom is -0.294 e. The topological polar surface area (TPSA) is 102 Å². The summed E-state index contributed by atoms with van der Waals surface area (Å²) in [5.74, 6) is 0.477. The van der Waals surface area contributed by atoms with Gasteiger partial charge in [-0.2, -0.15) is 0 Å². The summed E-state index contributed by atoms with van der Waals surface area (Å²) in [6.45, 7) is 19.5. The molecule has 0 spiro atoms. The fourth-order valence-corrected chi connectivity index (χ4v) is 8.78. The summed E-state index contributed by atoms with van der Waals surface area (Å²) in [6, 6.07) is 46.6. The average molecular weight is 1000 g/mol. The van der Waals surface area contributed by atoms with Gasteiger partial charge in [-0.1, -0.05) is 179 Å². The number of hydrogen-bond acceptors (Lipinski definition) is 7. The van der Waals surface area contributed by atoms with Crippen LogP contribution in [0.4, 0.5) is 0 Å². The number of carbonyl (C=O) groups excluding carboxylic acids is 3. The molecule has 0 amide bonds. The largest absolute Gasteiger partial charge is 0.294 e. The van der Waals surface area contributed by atoms with Crippen LogP contribution < -0.4 is 0 Å². The fourth-order valence-electron chi connectivity index (χ4n) is 7.22. The van der Waals surface area contributed by atoms with Gasteiger partial charge in [0.1, 0.15) is 0 Å². The van der Waals surface area contributed by atoms with Crippen molar-refractivity contribution in [2.24, 2.45) is 0 Å². The highest BCUT2D eigenvalue weighted by Gasteiger charge is 2.17. The number of carbonyl (C=O) groups is 3. The quantitative estimate of drug-likeness (QED) is 0.0746. The summed E-state index contributed by atoms with van der Waals surface area (Å²) >= 11 is 1.74. The SMILES string of the molecule is C.CC(C)(C)c1ccc(C(=O)CCc2ccc(S(C)(=O)=O)cc2)cc1.CS(=O)c1ccc(CCC(=O)c2ccc(C(C)(C)C)cc2)cc1.CSc1ccc(CCC(=O)c2ccc(C(C)(C)C)cc2)cc1. The summed E-state index contributed by atoms with van der Waals surface area (Å²) in [7, 11) is -4.13. The zero-order chi connectivity index (χ0) is 51.2. The van der Waals surface area contributed by atoms with Crippen LogP contribution in [-0.2, 0) is 56.1 Å². The third-order valence-electron chi connectivity index (χ3n) is 11.9.